The van der Waals surface area contributed by atoms with Crippen LogP contribution in [0.15, 0.2) is 42.5 Å². The van der Waals surface area contributed by atoms with E-state index in [2.05, 4.69) is 4.98 Å². The second-order valence-corrected chi connectivity index (χ2v) is 6.14. The molecule has 2 heterocycles. The number of amides is 1. The molecule has 3 nitrogen and oxygen atoms in total. The fourth-order valence-electron chi connectivity index (χ4n) is 3.30. The number of fused-ring (bicyclic) bond motifs is 3. The van der Waals surface area contributed by atoms with E-state index in [0.29, 0.717) is 13.1 Å². The molecule has 1 amide bonds. The molecule has 122 valence electrons. The van der Waals surface area contributed by atoms with Crippen LogP contribution in [0.2, 0.25) is 0 Å². The minimum absolute atomic E-state index is 0.0173. The average Bonchev–Trinajstić information content (AvgIpc) is 2.93. The first kappa shape index (κ1) is 14.9. The van der Waals surface area contributed by atoms with Crippen molar-refractivity contribution in [3.8, 4) is 0 Å². The summed E-state index contributed by atoms with van der Waals surface area (Å²) >= 11 is 0. The van der Waals surface area contributed by atoms with E-state index in [4.69, 9.17) is 0 Å². The van der Waals surface area contributed by atoms with Crippen LogP contribution in [-0.2, 0) is 24.2 Å². The minimum atomic E-state index is -0.306. The van der Waals surface area contributed by atoms with E-state index < -0.39 is 0 Å². The average molecular weight is 326 g/mol. The van der Waals surface area contributed by atoms with Crippen molar-refractivity contribution in [1.29, 1.82) is 0 Å². The first-order valence-corrected chi connectivity index (χ1v) is 7.91. The Morgan fingerprint density at radius 1 is 1.08 bits per heavy atom. The molecule has 0 radical (unpaired) electrons. The van der Waals surface area contributed by atoms with Crippen LogP contribution in [0, 0.1) is 11.6 Å². The molecule has 1 aliphatic heterocycles. The highest BCUT2D eigenvalue weighted by Gasteiger charge is 2.24. The lowest BCUT2D eigenvalue weighted by Gasteiger charge is -2.27. The molecular formula is C19H16F2N2O. The molecule has 1 N–H and O–H groups in total. The molecular weight excluding hydrogens is 310 g/mol. The van der Waals surface area contributed by atoms with Crippen LogP contribution >= 0.6 is 0 Å². The number of nitrogens with one attached hydrogen (secondary N) is 1. The monoisotopic (exact) mass is 326 g/mol. The summed E-state index contributed by atoms with van der Waals surface area (Å²) in [5, 5.41) is 0.964. The Morgan fingerprint density at radius 3 is 2.62 bits per heavy atom. The molecule has 0 saturated heterocycles. The number of aromatic nitrogens is 1. The van der Waals surface area contributed by atoms with E-state index >= 15 is 0 Å². The number of rotatable bonds is 2. The number of halogens is 2. The van der Waals surface area contributed by atoms with Crippen molar-refractivity contribution in [3.63, 3.8) is 0 Å². The van der Waals surface area contributed by atoms with Gasteiger partial charge in [-0.2, -0.15) is 0 Å². The molecule has 1 aliphatic rings. The van der Waals surface area contributed by atoms with Crippen molar-refractivity contribution in [2.75, 3.05) is 6.54 Å². The normalized spacial score (nSPS) is 14.0. The Bertz CT molecular complexity index is 915. The number of benzene rings is 2. The van der Waals surface area contributed by atoms with E-state index in [1.807, 2.05) is 4.90 Å². The third-order valence-electron chi connectivity index (χ3n) is 4.56. The fraction of sp³-hybridized carbons (Fsp3) is 0.211. The van der Waals surface area contributed by atoms with Gasteiger partial charge in [0.25, 0.3) is 0 Å². The predicted octanol–water partition coefficient (Wildman–Crippen LogP) is 3.57. The van der Waals surface area contributed by atoms with Gasteiger partial charge in [0.1, 0.15) is 11.6 Å². The number of hydrogen-bond donors (Lipinski definition) is 1. The SMILES string of the molecule is O=C(Cc1ccc(F)cc1)N1CCc2[nH]c3cc(F)ccc3c2C1. The summed E-state index contributed by atoms with van der Waals surface area (Å²) in [7, 11) is 0. The topological polar surface area (TPSA) is 36.1 Å². The van der Waals surface area contributed by atoms with Crippen LogP contribution in [0.1, 0.15) is 16.8 Å². The third-order valence-corrected chi connectivity index (χ3v) is 4.56. The first-order chi connectivity index (χ1) is 11.6. The molecule has 0 saturated carbocycles. The maximum Gasteiger partial charge on any atom is 0.227 e. The van der Waals surface area contributed by atoms with Crippen LogP contribution in [0.5, 0.6) is 0 Å². The van der Waals surface area contributed by atoms with E-state index in [0.717, 1.165) is 34.1 Å². The molecule has 0 aliphatic carbocycles. The summed E-state index contributed by atoms with van der Waals surface area (Å²) in [4.78, 5) is 17.6. The predicted molar refractivity (Wildman–Crippen MR) is 87.5 cm³/mol. The molecule has 0 unspecified atom stereocenters. The Kier molecular flexibility index (Phi) is 3.56. The molecule has 0 fully saturated rings. The van der Waals surface area contributed by atoms with Gasteiger partial charge in [-0.25, -0.2) is 8.78 Å². The summed E-state index contributed by atoms with van der Waals surface area (Å²) in [6.07, 6.45) is 0.980. The Labute approximate surface area is 137 Å². The lowest BCUT2D eigenvalue weighted by Crippen LogP contribution is -2.36. The van der Waals surface area contributed by atoms with Crippen molar-refractivity contribution in [3.05, 3.63) is 70.9 Å². The first-order valence-electron chi connectivity index (χ1n) is 7.91. The van der Waals surface area contributed by atoms with Crippen LogP contribution < -0.4 is 0 Å². The number of aromatic amines is 1. The molecule has 3 aromatic rings. The van der Waals surface area contributed by atoms with Crippen molar-refractivity contribution in [1.82, 2.24) is 9.88 Å². The summed E-state index contributed by atoms with van der Waals surface area (Å²) in [6, 6.07) is 10.7. The number of carbonyl (C=O) groups is 1. The summed E-state index contributed by atoms with van der Waals surface area (Å²) in [5.41, 5.74) is 3.70. The second-order valence-electron chi connectivity index (χ2n) is 6.14. The zero-order chi connectivity index (χ0) is 16.7. The van der Waals surface area contributed by atoms with Gasteiger partial charge >= 0.3 is 0 Å². The van der Waals surface area contributed by atoms with Gasteiger partial charge in [0.15, 0.2) is 0 Å². The van der Waals surface area contributed by atoms with Crippen molar-refractivity contribution < 1.29 is 13.6 Å². The molecule has 0 atom stereocenters. The smallest absolute Gasteiger partial charge is 0.227 e. The zero-order valence-electron chi connectivity index (χ0n) is 13.0. The van der Waals surface area contributed by atoms with Gasteiger partial charge in [0, 0.05) is 41.7 Å². The lowest BCUT2D eigenvalue weighted by atomic mass is 10.0. The Balaban J connectivity index is 1.56. The largest absolute Gasteiger partial charge is 0.358 e. The van der Waals surface area contributed by atoms with Crippen molar-refractivity contribution in [2.45, 2.75) is 19.4 Å². The standard InChI is InChI=1S/C19H16F2N2O/c20-13-3-1-12(2-4-13)9-19(24)23-8-7-17-16(11-23)15-6-5-14(21)10-18(15)22-17/h1-6,10,22H,7-9,11H2. The van der Waals surface area contributed by atoms with Gasteiger partial charge in [-0.15, -0.1) is 0 Å². The van der Waals surface area contributed by atoms with Gasteiger partial charge < -0.3 is 9.88 Å². The van der Waals surface area contributed by atoms with E-state index in [-0.39, 0.29) is 24.0 Å². The quantitative estimate of drug-likeness (QED) is 0.768. The van der Waals surface area contributed by atoms with E-state index in [1.54, 1.807) is 18.2 Å². The van der Waals surface area contributed by atoms with Crippen LogP contribution in [0.4, 0.5) is 8.78 Å². The maximum atomic E-state index is 13.4. The van der Waals surface area contributed by atoms with Crippen LogP contribution in [0.3, 0.4) is 0 Å². The van der Waals surface area contributed by atoms with Gasteiger partial charge in [-0.3, -0.25) is 4.79 Å². The van der Waals surface area contributed by atoms with Crippen molar-refractivity contribution in [2.24, 2.45) is 0 Å². The van der Waals surface area contributed by atoms with Gasteiger partial charge in [0.2, 0.25) is 5.91 Å². The number of H-pyrrole nitrogens is 1. The highest BCUT2D eigenvalue weighted by Crippen LogP contribution is 2.28. The summed E-state index contributed by atoms with van der Waals surface area (Å²) in [6.45, 7) is 1.14. The molecule has 0 bridgehead atoms. The second kappa shape index (κ2) is 5.74. The van der Waals surface area contributed by atoms with Crippen LogP contribution in [-0.4, -0.2) is 22.3 Å². The van der Waals surface area contributed by atoms with E-state index in [9.17, 15) is 13.6 Å². The van der Waals surface area contributed by atoms with Crippen LogP contribution in [0.25, 0.3) is 10.9 Å². The lowest BCUT2D eigenvalue weighted by molar-refractivity contribution is -0.131. The zero-order valence-corrected chi connectivity index (χ0v) is 13.0. The number of hydrogen-bond acceptors (Lipinski definition) is 1. The van der Waals surface area contributed by atoms with Gasteiger partial charge in [-0.05, 0) is 35.9 Å². The minimum Gasteiger partial charge on any atom is -0.358 e. The van der Waals surface area contributed by atoms with Gasteiger partial charge in [-0.1, -0.05) is 12.1 Å². The molecule has 5 heteroatoms. The maximum absolute atomic E-state index is 13.4. The molecule has 4 rings (SSSR count). The summed E-state index contributed by atoms with van der Waals surface area (Å²) < 4.78 is 26.3. The Morgan fingerprint density at radius 2 is 1.83 bits per heavy atom. The molecule has 0 spiro atoms. The molecule has 1 aromatic heterocycles. The van der Waals surface area contributed by atoms with E-state index in [1.165, 1.54) is 24.3 Å². The number of carbonyl (C=O) groups excluding carboxylic acids is 1. The van der Waals surface area contributed by atoms with Crippen molar-refractivity contribution >= 4 is 16.8 Å². The highest BCUT2D eigenvalue weighted by molar-refractivity contribution is 5.86. The highest BCUT2D eigenvalue weighted by atomic mass is 19.1. The molecule has 2 aromatic carbocycles. The van der Waals surface area contributed by atoms with Gasteiger partial charge in [0.05, 0.1) is 6.42 Å². The Hall–Kier alpha value is -2.69. The molecule has 24 heavy (non-hydrogen) atoms. The fourth-order valence-corrected chi connectivity index (χ4v) is 3.30. The third kappa shape index (κ3) is 2.66. The summed E-state index contributed by atoms with van der Waals surface area (Å²) in [5.74, 6) is -0.561. The number of nitrogens with zero attached hydrogens (tertiary/aromatic N) is 1.